The van der Waals surface area contributed by atoms with Gasteiger partial charge < -0.3 is 4.74 Å². The van der Waals surface area contributed by atoms with Crippen LogP contribution in [0.2, 0.25) is 0 Å². The van der Waals surface area contributed by atoms with Crippen LogP contribution in [0.5, 0.6) is 5.88 Å². The third kappa shape index (κ3) is 3.36. The average Bonchev–Trinajstić information content (AvgIpc) is 3.06. The lowest BCUT2D eigenvalue weighted by Gasteiger charge is -2.28. The molecule has 1 saturated carbocycles. The highest BCUT2D eigenvalue weighted by molar-refractivity contribution is 5.59. The van der Waals surface area contributed by atoms with Crippen molar-refractivity contribution in [2.45, 2.75) is 43.9 Å². The van der Waals surface area contributed by atoms with Crippen molar-refractivity contribution in [3.63, 3.8) is 0 Å². The molecule has 0 aliphatic heterocycles. The minimum atomic E-state index is -4.73. The number of alkyl halides is 5. The van der Waals surface area contributed by atoms with Gasteiger partial charge in [-0.05, 0) is 19.9 Å². The molecule has 4 rings (SSSR count). The van der Waals surface area contributed by atoms with Crippen LogP contribution in [0, 0.1) is 5.82 Å². The number of rotatable bonds is 4. The third-order valence-corrected chi connectivity index (χ3v) is 4.59. The molecule has 0 unspecified atom stereocenters. The van der Waals surface area contributed by atoms with Gasteiger partial charge in [-0.3, -0.25) is 9.38 Å². The van der Waals surface area contributed by atoms with Gasteiger partial charge in [0.1, 0.15) is 5.82 Å². The molecule has 0 radical (unpaired) electrons. The highest BCUT2D eigenvalue weighted by Gasteiger charge is 2.60. The summed E-state index contributed by atoms with van der Waals surface area (Å²) in [6.45, 7) is 1.50. The van der Waals surface area contributed by atoms with Crippen molar-refractivity contribution in [3.05, 3.63) is 36.3 Å². The minimum Gasteiger partial charge on any atom is -0.460 e. The zero-order chi connectivity index (χ0) is 21.2. The van der Waals surface area contributed by atoms with Gasteiger partial charge in [-0.2, -0.15) is 13.2 Å². The summed E-state index contributed by atoms with van der Waals surface area (Å²) in [4.78, 5) is 7.67. The minimum absolute atomic E-state index is 0.0500. The lowest BCUT2D eigenvalue weighted by Crippen LogP contribution is -2.45. The van der Waals surface area contributed by atoms with Crippen molar-refractivity contribution in [1.82, 2.24) is 24.6 Å². The molecule has 3 aromatic heterocycles. The van der Waals surface area contributed by atoms with Gasteiger partial charge in [0.05, 0.1) is 17.8 Å². The molecule has 0 spiro atoms. The standard InChI is InChI=1S/C17H13F6N5O/c1-15(2,17(21,22)23)29-14-10(18)3-8(5-25-14)11-7-28-12(6-24-11)26-27-13(28)9-4-16(9,19)20/h3,5-7,9H,4H2,1-2H3/t9-/m1/s1. The van der Waals surface area contributed by atoms with E-state index in [1.54, 1.807) is 0 Å². The molecule has 3 aromatic rings. The summed E-state index contributed by atoms with van der Waals surface area (Å²) in [6, 6.07) is 0.902. The molecule has 0 amide bonds. The number of ether oxygens (including phenoxy) is 1. The van der Waals surface area contributed by atoms with Gasteiger partial charge >= 0.3 is 6.18 Å². The van der Waals surface area contributed by atoms with Gasteiger partial charge in [-0.1, -0.05) is 0 Å². The first-order valence-electron chi connectivity index (χ1n) is 8.39. The highest BCUT2D eigenvalue weighted by atomic mass is 19.4. The predicted molar refractivity (Wildman–Crippen MR) is 87.0 cm³/mol. The van der Waals surface area contributed by atoms with E-state index < -0.39 is 35.3 Å². The van der Waals surface area contributed by atoms with E-state index in [1.807, 2.05) is 0 Å². The van der Waals surface area contributed by atoms with Crippen molar-refractivity contribution in [2.75, 3.05) is 0 Å². The summed E-state index contributed by atoms with van der Waals surface area (Å²) in [6.07, 6.45) is -1.39. The molecule has 0 bridgehead atoms. The number of halogens is 6. The predicted octanol–water partition coefficient (Wildman–Crippen LogP) is 4.17. The van der Waals surface area contributed by atoms with Crippen molar-refractivity contribution >= 4 is 5.65 Å². The molecule has 3 heterocycles. The van der Waals surface area contributed by atoms with Crippen LogP contribution in [0.4, 0.5) is 26.3 Å². The Morgan fingerprint density at radius 2 is 1.83 bits per heavy atom. The van der Waals surface area contributed by atoms with Gasteiger partial charge in [-0.25, -0.2) is 18.2 Å². The zero-order valence-corrected chi connectivity index (χ0v) is 15.0. The highest BCUT2D eigenvalue weighted by Crippen LogP contribution is 2.55. The summed E-state index contributed by atoms with van der Waals surface area (Å²) in [5, 5.41) is 7.54. The second-order valence-corrected chi connectivity index (χ2v) is 7.20. The molecule has 29 heavy (non-hydrogen) atoms. The molecule has 0 aromatic carbocycles. The summed E-state index contributed by atoms with van der Waals surface area (Å²) in [7, 11) is 0. The number of aromatic nitrogens is 5. The van der Waals surface area contributed by atoms with E-state index in [4.69, 9.17) is 0 Å². The number of pyridine rings is 1. The van der Waals surface area contributed by atoms with Gasteiger partial charge in [-0.15, -0.1) is 10.2 Å². The third-order valence-electron chi connectivity index (χ3n) is 4.59. The quantitative estimate of drug-likeness (QED) is 0.597. The maximum Gasteiger partial charge on any atom is 0.427 e. The SMILES string of the molecule is CC(C)(Oc1ncc(-c2cn3c([C@H]4CC4(F)F)nnc3cn2)cc1F)C(F)(F)F. The van der Waals surface area contributed by atoms with Crippen LogP contribution in [-0.2, 0) is 0 Å². The first-order valence-corrected chi connectivity index (χ1v) is 8.39. The van der Waals surface area contributed by atoms with Crippen molar-refractivity contribution in [3.8, 4) is 17.1 Å². The van der Waals surface area contributed by atoms with Crippen LogP contribution < -0.4 is 4.74 Å². The van der Waals surface area contributed by atoms with E-state index in [-0.39, 0.29) is 29.1 Å². The summed E-state index contributed by atoms with van der Waals surface area (Å²) in [5.74, 6) is -5.82. The van der Waals surface area contributed by atoms with Crippen LogP contribution in [0.1, 0.15) is 32.0 Å². The van der Waals surface area contributed by atoms with Crippen LogP contribution in [-0.4, -0.2) is 42.3 Å². The molecular weight excluding hydrogens is 404 g/mol. The normalized spacial score (nSPS) is 18.8. The lowest BCUT2D eigenvalue weighted by atomic mass is 10.1. The Hall–Kier alpha value is -2.92. The first kappa shape index (κ1) is 19.4. The van der Waals surface area contributed by atoms with E-state index >= 15 is 0 Å². The fraction of sp³-hybridized carbons (Fsp3) is 0.412. The van der Waals surface area contributed by atoms with Gasteiger partial charge in [0.2, 0.25) is 0 Å². The van der Waals surface area contributed by atoms with Crippen LogP contribution in [0.3, 0.4) is 0 Å². The number of hydrogen-bond acceptors (Lipinski definition) is 5. The monoisotopic (exact) mass is 417 g/mol. The lowest BCUT2D eigenvalue weighted by molar-refractivity contribution is -0.235. The molecule has 1 aliphatic carbocycles. The number of fused-ring (bicyclic) bond motifs is 1. The van der Waals surface area contributed by atoms with E-state index in [0.717, 1.165) is 26.1 Å². The Bertz CT molecular complexity index is 1090. The molecular formula is C17H13F6N5O. The average molecular weight is 417 g/mol. The Kier molecular flexibility index (Phi) is 4.04. The molecule has 0 N–H and O–H groups in total. The van der Waals surface area contributed by atoms with Crippen molar-refractivity contribution < 1.29 is 31.1 Å². The van der Waals surface area contributed by atoms with Gasteiger partial charge in [0.15, 0.2) is 17.1 Å². The van der Waals surface area contributed by atoms with Gasteiger partial charge in [0.25, 0.3) is 11.8 Å². The fourth-order valence-electron chi connectivity index (χ4n) is 2.64. The Morgan fingerprint density at radius 1 is 1.14 bits per heavy atom. The van der Waals surface area contributed by atoms with E-state index in [2.05, 4.69) is 24.9 Å². The summed E-state index contributed by atoms with van der Waals surface area (Å²) in [5.41, 5.74) is -2.15. The second kappa shape index (κ2) is 6.04. The van der Waals surface area contributed by atoms with E-state index in [1.165, 1.54) is 16.8 Å². The number of nitrogens with zero attached hydrogens (tertiary/aromatic N) is 5. The van der Waals surface area contributed by atoms with Crippen LogP contribution in [0.15, 0.2) is 24.7 Å². The van der Waals surface area contributed by atoms with Crippen molar-refractivity contribution in [2.24, 2.45) is 0 Å². The van der Waals surface area contributed by atoms with Crippen LogP contribution in [0.25, 0.3) is 16.9 Å². The van der Waals surface area contributed by atoms with Gasteiger partial charge in [0, 0.05) is 24.4 Å². The first-order chi connectivity index (χ1) is 13.4. The maximum atomic E-state index is 14.3. The smallest absolute Gasteiger partial charge is 0.427 e. The van der Waals surface area contributed by atoms with E-state index in [0.29, 0.717) is 0 Å². The molecule has 1 fully saturated rings. The molecule has 1 aliphatic rings. The summed E-state index contributed by atoms with van der Waals surface area (Å²) >= 11 is 0. The topological polar surface area (TPSA) is 65.2 Å². The van der Waals surface area contributed by atoms with Crippen LogP contribution >= 0.6 is 0 Å². The summed E-state index contributed by atoms with van der Waals surface area (Å²) < 4.78 is 85.8. The fourth-order valence-corrected chi connectivity index (χ4v) is 2.64. The Labute approximate surface area is 159 Å². The second-order valence-electron chi connectivity index (χ2n) is 7.20. The largest absolute Gasteiger partial charge is 0.460 e. The molecule has 154 valence electrons. The molecule has 12 heteroatoms. The molecule has 6 nitrogen and oxygen atoms in total. The number of hydrogen-bond donors (Lipinski definition) is 0. The zero-order valence-electron chi connectivity index (χ0n) is 15.0. The maximum absolute atomic E-state index is 14.3. The Morgan fingerprint density at radius 3 is 2.41 bits per heavy atom. The van der Waals surface area contributed by atoms with E-state index in [9.17, 15) is 26.3 Å². The Balaban J connectivity index is 1.66. The van der Waals surface area contributed by atoms with Crippen molar-refractivity contribution in [1.29, 1.82) is 0 Å². The molecule has 0 saturated heterocycles. The molecule has 1 atom stereocenters.